The van der Waals surface area contributed by atoms with Crippen LogP contribution in [0.3, 0.4) is 0 Å². The summed E-state index contributed by atoms with van der Waals surface area (Å²) in [5.41, 5.74) is 0.848. The third kappa shape index (κ3) is 3.45. The second-order valence-corrected chi connectivity index (χ2v) is 8.21. The number of carbonyl (C=O) groups is 1. The predicted octanol–water partition coefficient (Wildman–Crippen LogP) is 4.41. The van der Waals surface area contributed by atoms with Gasteiger partial charge >= 0.3 is 0 Å². The first-order valence-corrected chi connectivity index (χ1v) is 10.4. The molecule has 136 valence electrons. The van der Waals surface area contributed by atoms with Gasteiger partial charge in [-0.3, -0.25) is 4.79 Å². The Hall–Kier alpha value is -2.01. The highest BCUT2D eigenvalue weighted by Crippen LogP contribution is 2.39. The van der Waals surface area contributed by atoms with Gasteiger partial charge in [-0.15, -0.1) is 11.8 Å². The van der Waals surface area contributed by atoms with Crippen LogP contribution >= 0.6 is 11.8 Å². The van der Waals surface area contributed by atoms with Gasteiger partial charge in [0.25, 0.3) is 5.91 Å². The van der Waals surface area contributed by atoms with Gasteiger partial charge in [0.1, 0.15) is 6.10 Å². The lowest BCUT2D eigenvalue weighted by molar-refractivity contribution is 0.0345. The number of carbonyl (C=O) groups excluding carboxylic acids is 1. The zero-order chi connectivity index (χ0) is 17.9. The molecular weight excluding hydrogens is 344 g/mol. The van der Waals surface area contributed by atoms with Gasteiger partial charge in [0.05, 0.1) is 5.56 Å². The van der Waals surface area contributed by atoms with Crippen molar-refractivity contribution in [3.05, 3.63) is 54.2 Å². The van der Waals surface area contributed by atoms with Crippen LogP contribution in [0.2, 0.25) is 0 Å². The summed E-state index contributed by atoms with van der Waals surface area (Å²) in [6.07, 6.45) is 5.82. The molecule has 2 aliphatic rings. The number of benzene rings is 1. The molecule has 5 heteroatoms. The van der Waals surface area contributed by atoms with Crippen LogP contribution in [-0.2, 0) is 0 Å². The lowest BCUT2D eigenvalue weighted by Crippen LogP contribution is -2.49. The molecule has 2 bridgehead atoms. The molecule has 26 heavy (non-hydrogen) atoms. The van der Waals surface area contributed by atoms with E-state index in [-0.39, 0.29) is 24.1 Å². The maximum Gasteiger partial charge on any atom is 0.255 e. The normalized spacial score (nSPS) is 24.5. The Labute approximate surface area is 159 Å². The standard InChI is InChI=1S/C21H24N2O2S/c1-2-26-19-8-4-3-7-18(19)21(24)23-15-10-11-16(23)14-17(13-15)25-20-9-5-6-12-22-20/h3-9,12,15-17H,2,10-11,13-14H2,1H3/t15-,16-/m0/s1. The summed E-state index contributed by atoms with van der Waals surface area (Å²) in [6.45, 7) is 2.12. The van der Waals surface area contributed by atoms with Gasteiger partial charge < -0.3 is 9.64 Å². The minimum Gasteiger partial charge on any atom is -0.474 e. The van der Waals surface area contributed by atoms with E-state index in [9.17, 15) is 4.79 Å². The first-order valence-electron chi connectivity index (χ1n) is 9.38. The van der Waals surface area contributed by atoms with Crippen LogP contribution in [0.1, 0.15) is 43.0 Å². The van der Waals surface area contributed by atoms with Gasteiger partial charge in [-0.1, -0.05) is 25.1 Å². The van der Waals surface area contributed by atoms with Crippen LogP contribution in [0.15, 0.2) is 53.6 Å². The van der Waals surface area contributed by atoms with Crippen LogP contribution in [-0.4, -0.2) is 39.7 Å². The molecule has 2 aromatic rings. The zero-order valence-corrected chi connectivity index (χ0v) is 15.8. The Bertz CT molecular complexity index is 754. The number of pyridine rings is 1. The van der Waals surface area contributed by atoms with Crippen LogP contribution in [0.25, 0.3) is 0 Å². The quantitative estimate of drug-likeness (QED) is 0.733. The van der Waals surface area contributed by atoms with E-state index < -0.39 is 0 Å². The van der Waals surface area contributed by atoms with Gasteiger partial charge in [-0.25, -0.2) is 4.98 Å². The highest BCUT2D eigenvalue weighted by atomic mass is 32.2. The molecule has 4 nitrogen and oxygen atoms in total. The van der Waals surface area contributed by atoms with Crippen molar-refractivity contribution in [1.82, 2.24) is 9.88 Å². The Kier molecular flexibility index (Phi) is 5.16. The van der Waals surface area contributed by atoms with E-state index in [0.717, 1.165) is 41.9 Å². The fraction of sp³-hybridized carbons (Fsp3) is 0.429. The molecule has 0 N–H and O–H groups in total. The van der Waals surface area contributed by atoms with Crippen molar-refractivity contribution < 1.29 is 9.53 Å². The molecule has 2 saturated heterocycles. The lowest BCUT2D eigenvalue weighted by atomic mass is 9.98. The molecule has 0 saturated carbocycles. The monoisotopic (exact) mass is 368 g/mol. The molecule has 2 aliphatic heterocycles. The van der Waals surface area contributed by atoms with Crippen molar-refractivity contribution >= 4 is 17.7 Å². The number of rotatable bonds is 5. The number of amides is 1. The number of piperidine rings is 1. The Morgan fingerprint density at radius 2 is 1.88 bits per heavy atom. The third-order valence-corrected chi connectivity index (χ3v) is 6.22. The lowest BCUT2D eigenvalue weighted by Gasteiger charge is -2.39. The molecular formula is C21H24N2O2S. The van der Waals surface area contributed by atoms with E-state index in [4.69, 9.17) is 4.74 Å². The second-order valence-electron chi connectivity index (χ2n) is 6.91. The number of aromatic nitrogens is 1. The summed E-state index contributed by atoms with van der Waals surface area (Å²) in [4.78, 5) is 20.8. The number of ether oxygens (including phenoxy) is 1. The molecule has 0 aliphatic carbocycles. The molecule has 4 rings (SSSR count). The van der Waals surface area contributed by atoms with Gasteiger partial charge in [-0.2, -0.15) is 0 Å². The molecule has 1 aromatic heterocycles. The van der Waals surface area contributed by atoms with E-state index in [0.29, 0.717) is 5.88 Å². The van der Waals surface area contributed by atoms with E-state index >= 15 is 0 Å². The average molecular weight is 369 g/mol. The molecule has 2 atom stereocenters. The summed E-state index contributed by atoms with van der Waals surface area (Å²) >= 11 is 1.74. The highest BCUT2D eigenvalue weighted by Gasteiger charge is 2.44. The molecule has 0 unspecified atom stereocenters. The maximum absolute atomic E-state index is 13.3. The van der Waals surface area contributed by atoms with Gasteiger partial charge in [0.15, 0.2) is 0 Å². The fourth-order valence-corrected chi connectivity index (χ4v) is 5.00. The predicted molar refractivity (Wildman–Crippen MR) is 104 cm³/mol. The molecule has 1 aromatic carbocycles. The SMILES string of the molecule is CCSc1ccccc1C(=O)N1[C@H]2CC[C@H]1CC(Oc1ccccn1)C2. The number of hydrogen-bond acceptors (Lipinski definition) is 4. The number of thioether (sulfide) groups is 1. The molecule has 3 heterocycles. The molecule has 0 radical (unpaired) electrons. The van der Waals surface area contributed by atoms with Crippen molar-refractivity contribution in [2.24, 2.45) is 0 Å². The number of nitrogens with zero attached hydrogens (tertiary/aromatic N) is 2. The first kappa shape index (κ1) is 17.4. The summed E-state index contributed by atoms with van der Waals surface area (Å²) in [5, 5.41) is 0. The van der Waals surface area contributed by atoms with Crippen LogP contribution in [0.4, 0.5) is 0 Å². The maximum atomic E-state index is 13.3. The Morgan fingerprint density at radius 1 is 1.15 bits per heavy atom. The summed E-state index contributed by atoms with van der Waals surface area (Å²) < 4.78 is 6.08. The first-order chi connectivity index (χ1) is 12.8. The van der Waals surface area contributed by atoms with Crippen LogP contribution in [0.5, 0.6) is 5.88 Å². The highest BCUT2D eigenvalue weighted by molar-refractivity contribution is 7.99. The zero-order valence-electron chi connectivity index (χ0n) is 15.0. The fourth-order valence-electron chi connectivity index (χ4n) is 4.21. The minimum absolute atomic E-state index is 0.145. The largest absolute Gasteiger partial charge is 0.474 e. The summed E-state index contributed by atoms with van der Waals surface area (Å²) in [6, 6.07) is 14.3. The Morgan fingerprint density at radius 3 is 2.58 bits per heavy atom. The topological polar surface area (TPSA) is 42.4 Å². The van der Waals surface area contributed by atoms with Crippen molar-refractivity contribution in [3.63, 3.8) is 0 Å². The minimum atomic E-state index is 0.145. The van der Waals surface area contributed by atoms with Crippen molar-refractivity contribution in [2.45, 2.75) is 55.7 Å². The van der Waals surface area contributed by atoms with E-state index in [1.165, 1.54) is 0 Å². The van der Waals surface area contributed by atoms with Crippen LogP contribution in [0, 0.1) is 0 Å². The molecule has 2 fully saturated rings. The smallest absolute Gasteiger partial charge is 0.255 e. The molecule has 1 amide bonds. The van der Waals surface area contributed by atoms with Gasteiger partial charge in [-0.05, 0) is 36.8 Å². The second kappa shape index (κ2) is 7.70. The van der Waals surface area contributed by atoms with Gasteiger partial charge in [0.2, 0.25) is 5.88 Å². The molecule has 0 spiro atoms. The van der Waals surface area contributed by atoms with E-state index in [2.05, 4.69) is 22.9 Å². The van der Waals surface area contributed by atoms with Crippen molar-refractivity contribution in [2.75, 3.05) is 5.75 Å². The summed E-state index contributed by atoms with van der Waals surface area (Å²) in [5.74, 6) is 1.84. The number of hydrogen-bond donors (Lipinski definition) is 0. The van der Waals surface area contributed by atoms with E-state index in [1.54, 1.807) is 18.0 Å². The number of fused-ring (bicyclic) bond motifs is 2. The third-order valence-electron chi connectivity index (χ3n) is 5.27. The summed E-state index contributed by atoms with van der Waals surface area (Å²) in [7, 11) is 0. The van der Waals surface area contributed by atoms with Crippen molar-refractivity contribution in [3.8, 4) is 5.88 Å². The van der Waals surface area contributed by atoms with E-state index in [1.807, 2.05) is 36.4 Å². The van der Waals surface area contributed by atoms with Crippen LogP contribution < -0.4 is 4.74 Å². The Balaban J connectivity index is 1.49. The van der Waals surface area contributed by atoms with Crippen molar-refractivity contribution in [1.29, 1.82) is 0 Å². The van der Waals surface area contributed by atoms with Gasteiger partial charge in [0, 0.05) is 42.1 Å². The average Bonchev–Trinajstić information content (AvgIpc) is 2.93.